The summed E-state index contributed by atoms with van der Waals surface area (Å²) in [7, 11) is 1.52. The van der Waals surface area contributed by atoms with Crippen LogP contribution in [0.1, 0.15) is 23.2 Å². The highest BCUT2D eigenvalue weighted by Crippen LogP contribution is 2.40. The third-order valence-electron chi connectivity index (χ3n) is 3.87. The number of nitrogens with zero attached hydrogens (tertiary/aromatic N) is 1. The van der Waals surface area contributed by atoms with Crippen LogP contribution < -0.4 is 10.2 Å². The van der Waals surface area contributed by atoms with E-state index in [1.165, 1.54) is 7.11 Å². The zero-order valence-electron chi connectivity index (χ0n) is 11.1. The van der Waals surface area contributed by atoms with E-state index in [2.05, 4.69) is 22.7 Å². The summed E-state index contributed by atoms with van der Waals surface area (Å²) in [4.78, 5) is 12.1. The first-order chi connectivity index (χ1) is 9.69. The SMILES string of the molecule is COc1ccc(Cl)cc1C(=O)N/N=C1\C[C@@H]2C=CC[C@@H]12. The van der Waals surface area contributed by atoms with Gasteiger partial charge >= 0.3 is 0 Å². The van der Waals surface area contributed by atoms with Crippen LogP contribution in [0.3, 0.4) is 0 Å². The normalized spacial score (nSPS) is 25.2. The lowest BCUT2D eigenvalue weighted by molar-refractivity contribution is 0.0951. The second-order valence-corrected chi connectivity index (χ2v) is 5.46. The summed E-state index contributed by atoms with van der Waals surface area (Å²) in [5.74, 6) is 1.29. The molecule has 2 aliphatic rings. The largest absolute Gasteiger partial charge is 0.496 e. The fraction of sp³-hybridized carbons (Fsp3) is 0.333. The van der Waals surface area contributed by atoms with Gasteiger partial charge in [0.1, 0.15) is 5.75 Å². The molecule has 20 heavy (non-hydrogen) atoms. The second-order valence-electron chi connectivity index (χ2n) is 5.03. The van der Waals surface area contributed by atoms with Crippen molar-refractivity contribution in [2.75, 3.05) is 7.11 Å². The maximum absolute atomic E-state index is 12.1. The van der Waals surface area contributed by atoms with Crippen molar-refractivity contribution in [2.45, 2.75) is 12.8 Å². The predicted octanol–water partition coefficient (Wildman–Crippen LogP) is 3.03. The molecule has 2 aliphatic carbocycles. The molecule has 1 aromatic rings. The van der Waals surface area contributed by atoms with E-state index in [1.54, 1.807) is 18.2 Å². The summed E-state index contributed by atoms with van der Waals surface area (Å²) in [6.45, 7) is 0. The molecule has 4 nitrogen and oxygen atoms in total. The van der Waals surface area contributed by atoms with Gasteiger partial charge in [-0.25, -0.2) is 5.43 Å². The van der Waals surface area contributed by atoms with Gasteiger partial charge in [0.15, 0.2) is 0 Å². The first kappa shape index (κ1) is 13.2. The molecule has 0 unspecified atom stereocenters. The maximum atomic E-state index is 12.1. The van der Waals surface area contributed by atoms with Crippen LogP contribution in [0, 0.1) is 11.8 Å². The van der Waals surface area contributed by atoms with Crippen LogP contribution in [0.4, 0.5) is 0 Å². The number of amides is 1. The Hall–Kier alpha value is -1.81. The molecule has 1 N–H and O–H groups in total. The monoisotopic (exact) mass is 290 g/mol. The number of ether oxygens (including phenoxy) is 1. The summed E-state index contributed by atoms with van der Waals surface area (Å²) in [5.41, 5.74) is 4.06. The molecule has 0 aliphatic heterocycles. The maximum Gasteiger partial charge on any atom is 0.275 e. The fourth-order valence-electron chi connectivity index (χ4n) is 2.70. The van der Waals surface area contributed by atoms with Gasteiger partial charge in [-0.05, 0) is 37.0 Å². The van der Waals surface area contributed by atoms with Gasteiger partial charge in [-0.3, -0.25) is 4.79 Å². The highest BCUT2D eigenvalue weighted by atomic mass is 35.5. The molecule has 0 saturated heterocycles. The Balaban J connectivity index is 1.71. The van der Waals surface area contributed by atoms with Crippen LogP contribution in [0.2, 0.25) is 5.02 Å². The van der Waals surface area contributed by atoms with Crippen LogP contribution in [0.15, 0.2) is 35.5 Å². The highest BCUT2D eigenvalue weighted by Gasteiger charge is 2.38. The van der Waals surface area contributed by atoms with E-state index in [9.17, 15) is 4.79 Å². The highest BCUT2D eigenvalue weighted by molar-refractivity contribution is 6.31. The first-order valence-corrected chi connectivity index (χ1v) is 6.94. The van der Waals surface area contributed by atoms with Crippen molar-refractivity contribution < 1.29 is 9.53 Å². The average Bonchev–Trinajstić information content (AvgIpc) is 2.80. The molecule has 2 atom stereocenters. The van der Waals surface area contributed by atoms with Gasteiger partial charge in [0.05, 0.1) is 12.7 Å². The average molecular weight is 291 g/mol. The first-order valence-electron chi connectivity index (χ1n) is 6.56. The summed E-state index contributed by atoms with van der Waals surface area (Å²) in [6.07, 6.45) is 6.37. The number of rotatable bonds is 3. The van der Waals surface area contributed by atoms with Crippen LogP contribution in [-0.2, 0) is 0 Å². The number of fused-ring (bicyclic) bond motifs is 1. The number of hydrogen-bond donors (Lipinski definition) is 1. The zero-order valence-corrected chi connectivity index (χ0v) is 11.9. The quantitative estimate of drug-likeness (QED) is 0.687. The van der Waals surface area contributed by atoms with E-state index >= 15 is 0 Å². The van der Waals surface area contributed by atoms with E-state index in [1.807, 2.05) is 0 Å². The minimum Gasteiger partial charge on any atom is -0.496 e. The standard InChI is InChI=1S/C15H15ClN2O2/c1-20-14-6-5-10(16)8-12(14)15(19)18-17-13-7-9-3-2-4-11(9)13/h2-3,5-6,8-9,11H,4,7H2,1H3,(H,18,19)/b17-13+/t9-,11+/m0/s1. The Morgan fingerprint density at radius 1 is 1.50 bits per heavy atom. The Bertz CT molecular complexity index is 610. The Kier molecular flexibility index (Phi) is 3.49. The molecule has 0 aromatic heterocycles. The molecule has 3 rings (SSSR count). The van der Waals surface area contributed by atoms with Gasteiger partial charge in [0.2, 0.25) is 0 Å². The summed E-state index contributed by atoms with van der Waals surface area (Å²) in [5, 5.41) is 4.72. The van der Waals surface area contributed by atoms with Gasteiger partial charge < -0.3 is 4.74 Å². The number of carbonyl (C=O) groups is 1. The minimum atomic E-state index is -0.300. The third-order valence-corrected chi connectivity index (χ3v) is 4.11. The van der Waals surface area contributed by atoms with Gasteiger partial charge in [-0.15, -0.1) is 0 Å². The Labute approximate surface area is 122 Å². The Morgan fingerprint density at radius 3 is 3.10 bits per heavy atom. The number of methoxy groups -OCH3 is 1. The van der Waals surface area contributed by atoms with Crippen LogP contribution in [0.25, 0.3) is 0 Å². The Morgan fingerprint density at radius 2 is 2.35 bits per heavy atom. The van der Waals surface area contributed by atoms with Crippen molar-refractivity contribution in [2.24, 2.45) is 16.9 Å². The number of nitrogens with one attached hydrogen (secondary N) is 1. The molecular weight excluding hydrogens is 276 g/mol. The number of hydrazone groups is 1. The van der Waals surface area contributed by atoms with Gasteiger partial charge in [0.25, 0.3) is 5.91 Å². The summed E-state index contributed by atoms with van der Waals surface area (Å²) < 4.78 is 5.16. The minimum absolute atomic E-state index is 0.300. The number of benzene rings is 1. The summed E-state index contributed by atoms with van der Waals surface area (Å²) >= 11 is 5.91. The molecule has 104 valence electrons. The zero-order chi connectivity index (χ0) is 14.1. The van der Waals surface area contributed by atoms with Crippen LogP contribution in [0.5, 0.6) is 5.75 Å². The van der Waals surface area contributed by atoms with E-state index in [-0.39, 0.29) is 5.91 Å². The second kappa shape index (κ2) is 5.29. The van der Waals surface area contributed by atoms with Crippen molar-refractivity contribution in [3.8, 4) is 5.75 Å². The predicted molar refractivity (Wildman–Crippen MR) is 78.3 cm³/mol. The van der Waals surface area contributed by atoms with Crippen molar-refractivity contribution in [3.05, 3.63) is 40.9 Å². The molecule has 5 heteroatoms. The van der Waals surface area contributed by atoms with Gasteiger partial charge in [0, 0.05) is 16.7 Å². The number of allylic oxidation sites excluding steroid dienone is 2. The molecule has 0 radical (unpaired) electrons. The van der Waals surface area contributed by atoms with Crippen LogP contribution >= 0.6 is 11.6 Å². The molecule has 1 amide bonds. The molecule has 1 fully saturated rings. The van der Waals surface area contributed by atoms with E-state index in [0.717, 1.165) is 18.6 Å². The molecule has 0 spiro atoms. The van der Waals surface area contributed by atoms with Gasteiger partial charge in [-0.2, -0.15) is 5.10 Å². The van der Waals surface area contributed by atoms with Crippen molar-refractivity contribution in [3.63, 3.8) is 0 Å². The smallest absolute Gasteiger partial charge is 0.275 e. The van der Waals surface area contributed by atoms with E-state index < -0.39 is 0 Å². The van der Waals surface area contributed by atoms with Crippen molar-refractivity contribution >= 4 is 23.2 Å². The number of halogens is 1. The molecule has 1 saturated carbocycles. The van der Waals surface area contributed by atoms with Gasteiger partial charge in [-0.1, -0.05) is 23.8 Å². The lowest BCUT2D eigenvalue weighted by Crippen LogP contribution is -2.35. The summed E-state index contributed by atoms with van der Waals surface area (Å²) in [6, 6.07) is 4.94. The van der Waals surface area contributed by atoms with Crippen LogP contribution in [-0.4, -0.2) is 18.7 Å². The molecule has 0 bridgehead atoms. The third kappa shape index (κ3) is 2.31. The van der Waals surface area contributed by atoms with Crippen molar-refractivity contribution in [1.29, 1.82) is 0 Å². The van der Waals surface area contributed by atoms with E-state index in [0.29, 0.717) is 28.2 Å². The molecular formula is C15H15ClN2O2. The lowest BCUT2D eigenvalue weighted by Gasteiger charge is -2.31. The van der Waals surface area contributed by atoms with Crippen molar-refractivity contribution in [1.82, 2.24) is 5.43 Å². The molecule has 0 heterocycles. The lowest BCUT2D eigenvalue weighted by atomic mass is 9.74. The number of hydrogen-bond acceptors (Lipinski definition) is 3. The van der Waals surface area contributed by atoms with E-state index in [4.69, 9.17) is 16.3 Å². The topological polar surface area (TPSA) is 50.7 Å². The number of carbonyl (C=O) groups excluding carboxylic acids is 1. The molecule has 1 aromatic carbocycles. The fourth-order valence-corrected chi connectivity index (χ4v) is 2.88.